The smallest absolute Gasteiger partial charge is 0.271 e. The molecule has 0 aliphatic heterocycles. The van der Waals surface area contributed by atoms with Crippen molar-refractivity contribution in [1.82, 2.24) is 4.31 Å². The molecule has 0 aromatic heterocycles. The molecule has 0 unspecified atom stereocenters. The Balaban J connectivity index is 3.34. The number of anilines is 1. The molecular weight excluding hydrogens is 294 g/mol. The Bertz CT molecular complexity index is 612. The second-order valence-electron chi connectivity index (χ2n) is 4.68. The van der Waals surface area contributed by atoms with Crippen molar-refractivity contribution in [3.05, 3.63) is 28.3 Å². The Morgan fingerprint density at radius 2 is 1.90 bits per heavy atom. The van der Waals surface area contributed by atoms with Gasteiger partial charge in [-0.15, -0.1) is 0 Å². The molecule has 0 saturated heterocycles. The molecule has 0 heterocycles. The molecule has 118 valence electrons. The Kier molecular flexibility index (Phi) is 5.68. The highest BCUT2D eigenvalue weighted by Gasteiger charge is 2.29. The van der Waals surface area contributed by atoms with Gasteiger partial charge in [-0.25, -0.2) is 8.42 Å². The second-order valence-corrected chi connectivity index (χ2v) is 6.65. The summed E-state index contributed by atoms with van der Waals surface area (Å²) < 4.78 is 26.7. The van der Waals surface area contributed by atoms with Crippen molar-refractivity contribution < 1.29 is 13.3 Å². The van der Waals surface area contributed by atoms with Gasteiger partial charge >= 0.3 is 0 Å². The summed E-state index contributed by atoms with van der Waals surface area (Å²) in [5.74, 6) is 0. The number of benzene rings is 1. The van der Waals surface area contributed by atoms with E-state index in [1.54, 1.807) is 0 Å². The first-order valence-corrected chi connectivity index (χ1v) is 8.17. The average molecular weight is 315 g/mol. The van der Waals surface area contributed by atoms with Gasteiger partial charge in [-0.05, 0) is 18.9 Å². The zero-order chi connectivity index (χ0) is 16.2. The molecule has 0 saturated carbocycles. The highest BCUT2D eigenvalue weighted by Crippen LogP contribution is 2.29. The van der Waals surface area contributed by atoms with Gasteiger partial charge in [-0.3, -0.25) is 10.1 Å². The summed E-state index contributed by atoms with van der Waals surface area (Å²) in [6.45, 7) is 3.85. The van der Waals surface area contributed by atoms with Crippen molar-refractivity contribution in [3.63, 3.8) is 0 Å². The molecule has 0 radical (unpaired) electrons. The summed E-state index contributed by atoms with van der Waals surface area (Å²) in [4.78, 5) is 10.3. The van der Waals surface area contributed by atoms with Crippen LogP contribution in [0.15, 0.2) is 23.1 Å². The Labute approximate surface area is 125 Å². The largest absolute Gasteiger partial charge is 0.387 e. The summed E-state index contributed by atoms with van der Waals surface area (Å²) in [5, 5.41) is 13.5. The quantitative estimate of drug-likeness (QED) is 0.616. The number of rotatable bonds is 7. The van der Waals surface area contributed by atoms with Gasteiger partial charge in [-0.1, -0.05) is 13.8 Å². The van der Waals surface area contributed by atoms with Crippen LogP contribution in [-0.4, -0.2) is 37.8 Å². The standard InChI is InChI=1S/C13H21N3O4S/c1-5-10(6-2)15(4)21(19,20)13-8-7-11(16(17)18)9-12(13)14-3/h7-10,14H,5-6H2,1-4H3. The van der Waals surface area contributed by atoms with E-state index in [9.17, 15) is 18.5 Å². The molecule has 1 rings (SSSR count). The van der Waals surface area contributed by atoms with E-state index in [0.717, 1.165) is 0 Å². The topological polar surface area (TPSA) is 92.5 Å². The molecular formula is C13H21N3O4S. The van der Waals surface area contributed by atoms with E-state index in [1.165, 1.54) is 36.6 Å². The summed E-state index contributed by atoms with van der Waals surface area (Å²) >= 11 is 0. The average Bonchev–Trinajstić information content (AvgIpc) is 2.47. The van der Waals surface area contributed by atoms with Gasteiger partial charge in [0.15, 0.2) is 0 Å². The third-order valence-electron chi connectivity index (χ3n) is 3.56. The molecule has 0 atom stereocenters. The van der Waals surface area contributed by atoms with Gasteiger partial charge in [0, 0.05) is 32.3 Å². The summed E-state index contributed by atoms with van der Waals surface area (Å²) in [6, 6.07) is 3.61. The van der Waals surface area contributed by atoms with Crippen molar-refractivity contribution in [2.24, 2.45) is 0 Å². The van der Waals surface area contributed by atoms with Crippen LogP contribution in [0.2, 0.25) is 0 Å². The first-order valence-electron chi connectivity index (χ1n) is 6.73. The fourth-order valence-corrected chi connectivity index (χ4v) is 3.89. The van der Waals surface area contributed by atoms with Crippen LogP contribution in [0.3, 0.4) is 0 Å². The van der Waals surface area contributed by atoms with E-state index in [4.69, 9.17) is 0 Å². The molecule has 7 nitrogen and oxygen atoms in total. The molecule has 0 aliphatic rings. The second kappa shape index (κ2) is 6.86. The van der Waals surface area contributed by atoms with Crippen LogP contribution in [0.4, 0.5) is 11.4 Å². The van der Waals surface area contributed by atoms with Gasteiger partial charge in [0.1, 0.15) is 4.90 Å². The molecule has 0 aliphatic carbocycles. The molecule has 8 heteroatoms. The summed E-state index contributed by atoms with van der Waals surface area (Å²) in [5.41, 5.74) is 0.0745. The maximum atomic E-state index is 12.7. The van der Waals surface area contributed by atoms with E-state index >= 15 is 0 Å². The molecule has 21 heavy (non-hydrogen) atoms. The van der Waals surface area contributed by atoms with Crippen molar-refractivity contribution in [2.45, 2.75) is 37.6 Å². The Morgan fingerprint density at radius 3 is 2.33 bits per heavy atom. The minimum absolute atomic E-state index is 0.0463. The first kappa shape index (κ1) is 17.4. The monoisotopic (exact) mass is 315 g/mol. The first-order chi connectivity index (χ1) is 9.79. The minimum Gasteiger partial charge on any atom is -0.387 e. The Hall–Kier alpha value is -1.67. The number of hydrogen-bond donors (Lipinski definition) is 1. The summed E-state index contributed by atoms with van der Waals surface area (Å²) in [6.07, 6.45) is 1.40. The van der Waals surface area contributed by atoms with E-state index in [-0.39, 0.29) is 22.3 Å². The van der Waals surface area contributed by atoms with E-state index < -0.39 is 14.9 Å². The highest BCUT2D eigenvalue weighted by molar-refractivity contribution is 7.89. The zero-order valence-electron chi connectivity index (χ0n) is 12.7. The fourth-order valence-electron chi connectivity index (χ4n) is 2.21. The van der Waals surface area contributed by atoms with Gasteiger partial charge < -0.3 is 5.32 Å². The lowest BCUT2D eigenvalue weighted by molar-refractivity contribution is -0.384. The van der Waals surface area contributed by atoms with Crippen LogP contribution in [0.1, 0.15) is 26.7 Å². The lowest BCUT2D eigenvalue weighted by Crippen LogP contribution is -2.36. The van der Waals surface area contributed by atoms with Crippen LogP contribution in [0.5, 0.6) is 0 Å². The molecule has 1 N–H and O–H groups in total. The predicted octanol–water partition coefficient (Wildman–Crippen LogP) is 2.45. The maximum Gasteiger partial charge on any atom is 0.271 e. The molecule has 0 fully saturated rings. The fraction of sp³-hybridized carbons (Fsp3) is 0.538. The minimum atomic E-state index is -3.70. The zero-order valence-corrected chi connectivity index (χ0v) is 13.5. The normalized spacial score (nSPS) is 11.9. The highest BCUT2D eigenvalue weighted by atomic mass is 32.2. The number of nitro benzene ring substituents is 1. The number of non-ortho nitro benzene ring substituents is 1. The van der Waals surface area contributed by atoms with Crippen molar-refractivity contribution in [1.29, 1.82) is 0 Å². The van der Waals surface area contributed by atoms with Crippen LogP contribution < -0.4 is 5.32 Å². The van der Waals surface area contributed by atoms with E-state index in [2.05, 4.69) is 5.32 Å². The number of hydrogen-bond acceptors (Lipinski definition) is 5. The van der Waals surface area contributed by atoms with Gasteiger partial charge in [0.25, 0.3) is 5.69 Å². The van der Waals surface area contributed by atoms with Crippen molar-refractivity contribution in [2.75, 3.05) is 19.4 Å². The molecule has 1 aromatic rings. The molecule has 1 aromatic carbocycles. The van der Waals surface area contributed by atoms with Crippen LogP contribution in [0.25, 0.3) is 0 Å². The van der Waals surface area contributed by atoms with Gasteiger partial charge in [0.2, 0.25) is 10.0 Å². The number of nitro groups is 1. The predicted molar refractivity (Wildman–Crippen MR) is 82.0 cm³/mol. The molecule has 0 bridgehead atoms. The van der Waals surface area contributed by atoms with Crippen molar-refractivity contribution >= 4 is 21.4 Å². The number of nitrogens with one attached hydrogen (secondary N) is 1. The summed E-state index contributed by atoms with van der Waals surface area (Å²) in [7, 11) is -0.627. The van der Waals surface area contributed by atoms with E-state index in [0.29, 0.717) is 12.8 Å². The van der Waals surface area contributed by atoms with Crippen molar-refractivity contribution in [3.8, 4) is 0 Å². The van der Waals surface area contributed by atoms with E-state index in [1.807, 2.05) is 13.8 Å². The third-order valence-corrected chi connectivity index (χ3v) is 5.53. The van der Waals surface area contributed by atoms with Gasteiger partial charge in [-0.2, -0.15) is 4.31 Å². The Morgan fingerprint density at radius 1 is 1.33 bits per heavy atom. The third kappa shape index (κ3) is 3.51. The SMILES string of the molecule is CCC(CC)N(C)S(=O)(=O)c1ccc([N+](=O)[O-])cc1NC. The van der Waals surface area contributed by atoms with Gasteiger partial charge in [0.05, 0.1) is 10.6 Å². The van der Waals surface area contributed by atoms with Crippen LogP contribution in [0, 0.1) is 10.1 Å². The lowest BCUT2D eigenvalue weighted by atomic mass is 10.2. The number of nitrogens with zero attached hydrogens (tertiary/aromatic N) is 2. The molecule has 0 amide bonds. The lowest BCUT2D eigenvalue weighted by Gasteiger charge is -2.26. The van der Waals surface area contributed by atoms with Crippen LogP contribution >= 0.6 is 0 Å². The molecule has 0 spiro atoms. The number of sulfonamides is 1. The maximum absolute atomic E-state index is 12.7. The van der Waals surface area contributed by atoms with Crippen LogP contribution in [-0.2, 0) is 10.0 Å².